The summed E-state index contributed by atoms with van der Waals surface area (Å²) in [6.07, 6.45) is -2.40. The van der Waals surface area contributed by atoms with Crippen molar-refractivity contribution in [2.75, 3.05) is 4.90 Å². The quantitative estimate of drug-likeness (QED) is 0.733. The van der Waals surface area contributed by atoms with E-state index in [0.29, 0.717) is 0 Å². The minimum Gasteiger partial charge on any atom is -0.437 e. The molecule has 0 aliphatic carbocycles. The molecule has 0 atom stereocenters. The van der Waals surface area contributed by atoms with Crippen LogP contribution in [0.5, 0.6) is 17.4 Å². The number of hydrogen-bond acceptors (Lipinski definition) is 6. The molecule has 2 heterocycles. The van der Waals surface area contributed by atoms with Crippen molar-refractivity contribution in [3.63, 3.8) is 0 Å². The Labute approximate surface area is 158 Å². The van der Waals surface area contributed by atoms with E-state index < -0.39 is 17.5 Å². The standard InChI is InChI=1S/C18H16F3N3O4/c1-10-4-5-11(6-12(10)28-18(19,20)21)27-14-9-22-13(8-23-14)24-15(25)7-17(2,3)16(24)26/h4-6,8-9H,7H2,1-3H3. The van der Waals surface area contributed by atoms with Gasteiger partial charge in [-0.1, -0.05) is 19.9 Å². The Balaban J connectivity index is 1.78. The average molecular weight is 395 g/mol. The summed E-state index contributed by atoms with van der Waals surface area (Å²) in [7, 11) is 0. The molecule has 2 amide bonds. The first kappa shape index (κ1) is 19.6. The van der Waals surface area contributed by atoms with Gasteiger partial charge in [0.15, 0.2) is 5.82 Å². The lowest BCUT2D eigenvalue weighted by atomic mass is 9.92. The summed E-state index contributed by atoms with van der Waals surface area (Å²) in [5.41, 5.74) is -0.537. The molecule has 10 heteroatoms. The van der Waals surface area contributed by atoms with Crippen LogP contribution in [-0.4, -0.2) is 28.1 Å². The number of hydrogen-bond donors (Lipinski definition) is 0. The predicted octanol–water partition coefficient (Wildman–Crippen LogP) is 3.77. The van der Waals surface area contributed by atoms with Crippen LogP contribution < -0.4 is 14.4 Å². The van der Waals surface area contributed by atoms with Crippen molar-refractivity contribution in [1.82, 2.24) is 9.97 Å². The highest BCUT2D eigenvalue weighted by molar-refractivity contribution is 6.21. The number of halogens is 3. The molecule has 0 saturated carbocycles. The molecule has 1 saturated heterocycles. The number of carbonyl (C=O) groups is 2. The Morgan fingerprint density at radius 3 is 2.39 bits per heavy atom. The van der Waals surface area contributed by atoms with Crippen LogP contribution in [-0.2, 0) is 9.59 Å². The summed E-state index contributed by atoms with van der Waals surface area (Å²) in [5, 5.41) is 0. The van der Waals surface area contributed by atoms with Crippen LogP contribution in [0.2, 0.25) is 0 Å². The molecule has 0 radical (unpaired) electrons. The molecule has 0 spiro atoms. The highest BCUT2D eigenvalue weighted by atomic mass is 19.4. The fourth-order valence-electron chi connectivity index (χ4n) is 2.66. The molecular formula is C18H16F3N3O4. The van der Waals surface area contributed by atoms with Gasteiger partial charge in [-0.05, 0) is 18.6 Å². The minimum absolute atomic E-state index is 0.0242. The molecule has 148 valence electrons. The maximum absolute atomic E-state index is 12.4. The average Bonchev–Trinajstić information content (AvgIpc) is 2.78. The van der Waals surface area contributed by atoms with Gasteiger partial charge in [-0.3, -0.25) is 9.59 Å². The van der Waals surface area contributed by atoms with Crippen molar-refractivity contribution >= 4 is 17.6 Å². The third-order valence-electron chi connectivity index (χ3n) is 4.08. The van der Waals surface area contributed by atoms with Crippen LogP contribution in [0.25, 0.3) is 0 Å². The maximum Gasteiger partial charge on any atom is 0.573 e. The third-order valence-corrected chi connectivity index (χ3v) is 4.08. The highest BCUT2D eigenvalue weighted by Crippen LogP contribution is 2.35. The molecular weight excluding hydrogens is 379 g/mol. The lowest BCUT2D eigenvalue weighted by molar-refractivity contribution is -0.274. The number of nitrogens with zero attached hydrogens (tertiary/aromatic N) is 3. The first-order valence-corrected chi connectivity index (χ1v) is 8.20. The molecule has 7 nitrogen and oxygen atoms in total. The van der Waals surface area contributed by atoms with Gasteiger partial charge in [-0.15, -0.1) is 13.2 Å². The number of anilines is 1. The summed E-state index contributed by atoms with van der Waals surface area (Å²) in [6.45, 7) is 4.79. The largest absolute Gasteiger partial charge is 0.573 e. The second kappa shape index (κ2) is 6.77. The van der Waals surface area contributed by atoms with Gasteiger partial charge >= 0.3 is 6.36 Å². The lowest BCUT2D eigenvalue weighted by Crippen LogP contribution is -2.33. The number of alkyl halides is 3. The highest BCUT2D eigenvalue weighted by Gasteiger charge is 2.46. The van der Waals surface area contributed by atoms with E-state index in [0.717, 1.165) is 11.0 Å². The van der Waals surface area contributed by atoms with E-state index in [1.807, 2.05) is 0 Å². The van der Waals surface area contributed by atoms with E-state index in [-0.39, 0.29) is 41.2 Å². The number of aromatic nitrogens is 2. The van der Waals surface area contributed by atoms with Gasteiger partial charge in [-0.25, -0.2) is 14.9 Å². The zero-order chi connectivity index (χ0) is 20.7. The summed E-state index contributed by atoms with van der Waals surface area (Å²) in [6, 6.07) is 3.93. The molecule has 1 aliphatic rings. The molecule has 1 fully saturated rings. The Morgan fingerprint density at radius 1 is 1.14 bits per heavy atom. The van der Waals surface area contributed by atoms with Crippen LogP contribution in [0.1, 0.15) is 25.8 Å². The van der Waals surface area contributed by atoms with Crippen LogP contribution in [0, 0.1) is 12.3 Å². The Hall–Kier alpha value is -3.17. The van der Waals surface area contributed by atoms with E-state index in [1.54, 1.807) is 13.8 Å². The summed E-state index contributed by atoms with van der Waals surface area (Å²) in [4.78, 5) is 33.3. The first-order chi connectivity index (χ1) is 13.0. The SMILES string of the molecule is Cc1ccc(Oc2cnc(N3C(=O)CC(C)(C)C3=O)cn2)cc1OC(F)(F)F. The van der Waals surface area contributed by atoms with Crippen molar-refractivity contribution in [2.24, 2.45) is 5.41 Å². The zero-order valence-corrected chi connectivity index (χ0v) is 15.2. The number of amides is 2. The molecule has 28 heavy (non-hydrogen) atoms. The second-order valence-corrected chi connectivity index (χ2v) is 6.88. The second-order valence-electron chi connectivity index (χ2n) is 6.88. The number of benzene rings is 1. The molecule has 3 rings (SSSR count). The van der Waals surface area contributed by atoms with Gasteiger partial charge in [0.1, 0.15) is 11.5 Å². The molecule has 0 bridgehead atoms. The monoisotopic (exact) mass is 395 g/mol. The van der Waals surface area contributed by atoms with Crippen molar-refractivity contribution in [1.29, 1.82) is 0 Å². The number of ether oxygens (including phenoxy) is 2. The van der Waals surface area contributed by atoms with Gasteiger partial charge in [0.2, 0.25) is 17.7 Å². The van der Waals surface area contributed by atoms with Gasteiger partial charge in [0, 0.05) is 12.5 Å². The lowest BCUT2D eigenvalue weighted by Gasteiger charge is -2.16. The first-order valence-electron chi connectivity index (χ1n) is 8.20. The Kier molecular flexibility index (Phi) is 4.74. The van der Waals surface area contributed by atoms with E-state index in [2.05, 4.69) is 14.7 Å². The van der Waals surface area contributed by atoms with Gasteiger partial charge in [0.25, 0.3) is 0 Å². The van der Waals surface area contributed by atoms with Crippen LogP contribution in [0.15, 0.2) is 30.6 Å². The van der Waals surface area contributed by atoms with E-state index in [9.17, 15) is 22.8 Å². The fraction of sp³-hybridized carbons (Fsp3) is 0.333. The van der Waals surface area contributed by atoms with Gasteiger partial charge < -0.3 is 9.47 Å². The third kappa shape index (κ3) is 4.05. The van der Waals surface area contributed by atoms with Crippen molar-refractivity contribution in [3.05, 3.63) is 36.2 Å². The molecule has 1 aliphatic heterocycles. The minimum atomic E-state index is -4.83. The van der Waals surface area contributed by atoms with Crippen LogP contribution in [0.3, 0.4) is 0 Å². The molecule has 1 aromatic carbocycles. The number of imide groups is 1. The van der Waals surface area contributed by atoms with E-state index >= 15 is 0 Å². The van der Waals surface area contributed by atoms with Crippen LogP contribution >= 0.6 is 0 Å². The Morgan fingerprint density at radius 2 is 1.86 bits per heavy atom. The van der Waals surface area contributed by atoms with Gasteiger partial charge in [0.05, 0.1) is 17.8 Å². The number of rotatable bonds is 4. The number of aryl methyl sites for hydroxylation is 1. The van der Waals surface area contributed by atoms with E-state index in [4.69, 9.17) is 4.74 Å². The molecule has 1 aromatic heterocycles. The molecule has 0 unspecified atom stereocenters. The van der Waals surface area contributed by atoms with Crippen LogP contribution in [0.4, 0.5) is 19.0 Å². The van der Waals surface area contributed by atoms with Crippen molar-refractivity contribution < 1.29 is 32.2 Å². The Bertz CT molecular complexity index is 927. The normalized spacial score (nSPS) is 16.4. The summed E-state index contributed by atoms with van der Waals surface area (Å²) >= 11 is 0. The summed E-state index contributed by atoms with van der Waals surface area (Å²) < 4.78 is 46.7. The van der Waals surface area contributed by atoms with Crippen molar-refractivity contribution in [2.45, 2.75) is 33.6 Å². The van der Waals surface area contributed by atoms with Crippen molar-refractivity contribution in [3.8, 4) is 17.4 Å². The molecule has 2 aromatic rings. The molecule has 0 N–H and O–H groups in total. The smallest absolute Gasteiger partial charge is 0.437 e. The summed E-state index contributed by atoms with van der Waals surface area (Å²) in [5.74, 6) is -1.08. The number of carbonyl (C=O) groups excluding carboxylic acids is 2. The predicted molar refractivity (Wildman–Crippen MR) is 90.9 cm³/mol. The fourth-order valence-corrected chi connectivity index (χ4v) is 2.66. The zero-order valence-electron chi connectivity index (χ0n) is 15.2. The van der Waals surface area contributed by atoms with Gasteiger partial charge in [-0.2, -0.15) is 0 Å². The van der Waals surface area contributed by atoms with E-state index in [1.165, 1.54) is 31.5 Å². The maximum atomic E-state index is 12.4. The topological polar surface area (TPSA) is 81.6 Å².